The van der Waals surface area contributed by atoms with Crippen molar-refractivity contribution in [3.05, 3.63) is 39.9 Å². The molecule has 0 heterocycles. The van der Waals surface area contributed by atoms with Crippen LogP contribution in [0, 0.1) is 10.1 Å². The Hall–Kier alpha value is -2.88. The molecule has 1 atom stereocenters. The number of carboxylic acids is 1. The van der Waals surface area contributed by atoms with Crippen molar-refractivity contribution in [3.63, 3.8) is 0 Å². The molecule has 10 nitrogen and oxygen atoms in total. The summed E-state index contributed by atoms with van der Waals surface area (Å²) in [5.74, 6) is -1.10. The number of aromatic hydroxyl groups is 1. The summed E-state index contributed by atoms with van der Waals surface area (Å²) in [6, 6.07) is 5.97. The number of phenolic OH excluding ortho intramolecular Hbond substituents is 1. The Morgan fingerprint density at radius 3 is 2.58 bits per heavy atom. The maximum absolute atomic E-state index is 11.2. The van der Waals surface area contributed by atoms with Gasteiger partial charge in [0.15, 0.2) is 5.03 Å². The zero-order valence-electron chi connectivity index (χ0n) is 13.0. The Kier molecular flexibility index (Phi) is 7.99. The SMILES string of the molecule is NC(=N[N+](=O)[O-])NCCC[C@@H](NCCc1ccc(O)cc1)C(=O)O. The highest BCUT2D eigenvalue weighted by Crippen LogP contribution is 2.09. The first kappa shape index (κ1) is 19.2. The molecule has 0 fully saturated rings. The number of hydrazone groups is 1. The van der Waals surface area contributed by atoms with Crippen LogP contribution in [0.25, 0.3) is 0 Å². The Bertz CT molecular complexity index is 575. The van der Waals surface area contributed by atoms with Gasteiger partial charge in [-0.25, -0.2) is 10.1 Å². The monoisotopic (exact) mass is 339 g/mol. The molecule has 0 unspecified atom stereocenters. The lowest BCUT2D eigenvalue weighted by molar-refractivity contribution is -0.485. The van der Waals surface area contributed by atoms with Gasteiger partial charge >= 0.3 is 5.97 Å². The van der Waals surface area contributed by atoms with Crippen LogP contribution >= 0.6 is 0 Å². The lowest BCUT2D eigenvalue weighted by Crippen LogP contribution is -2.39. The van der Waals surface area contributed by atoms with Crippen molar-refractivity contribution in [3.8, 4) is 5.75 Å². The molecule has 24 heavy (non-hydrogen) atoms. The standard InChI is InChI=1S/C14H21N5O5/c15-14(18-19(23)24)17-8-1-2-12(13(21)22)16-9-7-10-3-5-11(20)6-4-10/h3-6,12,16,20H,1-2,7-9H2,(H,21,22)(H3,15,17,18)/t12-/m1/s1. The van der Waals surface area contributed by atoms with E-state index in [0.29, 0.717) is 25.8 Å². The van der Waals surface area contributed by atoms with Crippen molar-refractivity contribution >= 4 is 11.9 Å². The minimum atomic E-state index is -0.965. The number of phenols is 1. The molecule has 0 aliphatic heterocycles. The van der Waals surface area contributed by atoms with Crippen LogP contribution in [0.4, 0.5) is 0 Å². The first-order chi connectivity index (χ1) is 11.4. The molecule has 0 saturated carbocycles. The molecule has 1 aromatic rings. The van der Waals surface area contributed by atoms with E-state index in [1.165, 1.54) is 0 Å². The summed E-state index contributed by atoms with van der Waals surface area (Å²) < 4.78 is 0. The predicted molar refractivity (Wildman–Crippen MR) is 87.1 cm³/mol. The van der Waals surface area contributed by atoms with Gasteiger partial charge in [0.1, 0.15) is 16.9 Å². The first-order valence-corrected chi connectivity index (χ1v) is 7.35. The fourth-order valence-corrected chi connectivity index (χ4v) is 2.01. The zero-order chi connectivity index (χ0) is 17.9. The Labute approximate surface area is 138 Å². The van der Waals surface area contributed by atoms with Crippen molar-refractivity contribution in [1.29, 1.82) is 0 Å². The summed E-state index contributed by atoms with van der Waals surface area (Å²) in [6.45, 7) is 0.757. The number of hydrogen-bond donors (Lipinski definition) is 5. The van der Waals surface area contributed by atoms with Gasteiger partial charge in [0.05, 0.1) is 0 Å². The van der Waals surface area contributed by atoms with E-state index >= 15 is 0 Å². The second-order valence-corrected chi connectivity index (χ2v) is 5.05. The van der Waals surface area contributed by atoms with Crippen molar-refractivity contribution in [1.82, 2.24) is 10.6 Å². The fourth-order valence-electron chi connectivity index (χ4n) is 2.01. The number of nitrogens with two attached hydrogens (primary N) is 1. The van der Waals surface area contributed by atoms with Gasteiger partial charge in [-0.1, -0.05) is 12.1 Å². The molecule has 0 aliphatic carbocycles. The molecule has 1 aromatic carbocycles. The topological polar surface area (TPSA) is 163 Å². The minimum absolute atomic E-state index is 0.183. The van der Waals surface area contributed by atoms with Crippen LogP contribution < -0.4 is 16.4 Å². The van der Waals surface area contributed by atoms with Gasteiger partial charge in [0.2, 0.25) is 0 Å². The fraction of sp³-hybridized carbons (Fsp3) is 0.429. The Balaban J connectivity index is 2.30. The van der Waals surface area contributed by atoms with Gasteiger partial charge in [-0.2, -0.15) is 0 Å². The summed E-state index contributed by atoms with van der Waals surface area (Å²) in [4.78, 5) is 21.3. The molecule has 0 amide bonds. The molecule has 6 N–H and O–H groups in total. The van der Waals surface area contributed by atoms with E-state index in [1.54, 1.807) is 24.3 Å². The van der Waals surface area contributed by atoms with E-state index in [-0.39, 0.29) is 18.3 Å². The number of guanidine groups is 1. The van der Waals surface area contributed by atoms with Gasteiger partial charge in [-0.05, 0) is 43.5 Å². The van der Waals surface area contributed by atoms with Gasteiger partial charge < -0.3 is 26.6 Å². The van der Waals surface area contributed by atoms with Crippen LogP contribution in [0.1, 0.15) is 18.4 Å². The molecule has 0 spiro atoms. The molecule has 0 aliphatic rings. The third-order valence-electron chi connectivity index (χ3n) is 3.20. The number of carboxylic acid groups (broad SMARTS) is 1. The quantitative estimate of drug-likeness (QED) is 0.129. The number of nitro groups is 1. The lowest BCUT2D eigenvalue weighted by Gasteiger charge is -2.14. The maximum atomic E-state index is 11.2. The number of hydrogen-bond acceptors (Lipinski definition) is 5. The average molecular weight is 339 g/mol. The summed E-state index contributed by atoms with van der Waals surface area (Å²) in [7, 11) is 0. The predicted octanol–water partition coefficient (Wildman–Crippen LogP) is -0.146. The van der Waals surface area contributed by atoms with Crippen LogP contribution in [0.3, 0.4) is 0 Å². The summed E-state index contributed by atoms with van der Waals surface area (Å²) in [5, 5.41) is 35.9. The molecule has 132 valence electrons. The van der Waals surface area contributed by atoms with Crippen LogP contribution in [-0.2, 0) is 11.2 Å². The molecular formula is C14H21N5O5. The number of rotatable bonds is 10. The number of aliphatic carboxylic acids is 1. The Morgan fingerprint density at radius 1 is 1.33 bits per heavy atom. The van der Waals surface area contributed by atoms with E-state index in [4.69, 9.17) is 5.73 Å². The van der Waals surface area contributed by atoms with Crippen LogP contribution in [0.2, 0.25) is 0 Å². The van der Waals surface area contributed by atoms with Crippen LogP contribution in [-0.4, -0.2) is 46.3 Å². The molecule has 0 radical (unpaired) electrons. The van der Waals surface area contributed by atoms with Gasteiger partial charge in [-0.3, -0.25) is 4.79 Å². The van der Waals surface area contributed by atoms with Gasteiger partial charge in [0, 0.05) is 6.54 Å². The third-order valence-corrected chi connectivity index (χ3v) is 3.20. The average Bonchev–Trinajstić information content (AvgIpc) is 2.50. The van der Waals surface area contributed by atoms with E-state index < -0.39 is 17.0 Å². The lowest BCUT2D eigenvalue weighted by atomic mass is 10.1. The molecule has 0 bridgehead atoms. The second-order valence-electron chi connectivity index (χ2n) is 5.05. The van der Waals surface area contributed by atoms with E-state index in [0.717, 1.165) is 5.56 Å². The van der Waals surface area contributed by atoms with E-state index in [1.807, 2.05) is 0 Å². The smallest absolute Gasteiger partial charge is 0.320 e. The number of carbonyl (C=O) groups is 1. The normalized spacial score (nSPS) is 12.6. The van der Waals surface area contributed by atoms with Gasteiger partial charge in [0.25, 0.3) is 5.96 Å². The maximum Gasteiger partial charge on any atom is 0.320 e. The molecule has 0 saturated heterocycles. The van der Waals surface area contributed by atoms with Crippen molar-refractivity contribution in [2.24, 2.45) is 10.8 Å². The molecule has 1 rings (SSSR count). The van der Waals surface area contributed by atoms with E-state index in [2.05, 4.69) is 15.7 Å². The minimum Gasteiger partial charge on any atom is -0.508 e. The highest BCUT2D eigenvalue weighted by molar-refractivity contribution is 5.77. The van der Waals surface area contributed by atoms with Crippen LogP contribution in [0.5, 0.6) is 5.75 Å². The van der Waals surface area contributed by atoms with Crippen molar-refractivity contribution in [2.75, 3.05) is 13.1 Å². The zero-order valence-corrected chi connectivity index (χ0v) is 13.0. The summed E-state index contributed by atoms with van der Waals surface area (Å²) in [6.07, 6.45) is 1.42. The van der Waals surface area contributed by atoms with Crippen molar-refractivity contribution in [2.45, 2.75) is 25.3 Å². The van der Waals surface area contributed by atoms with E-state index in [9.17, 15) is 25.1 Å². The van der Waals surface area contributed by atoms with Crippen molar-refractivity contribution < 1.29 is 20.0 Å². The number of benzene rings is 1. The Morgan fingerprint density at radius 2 is 2.00 bits per heavy atom. The number of nitrogens with zero attached hydrogens (tertiary/aromatic N) is 2. The largest absolute Gasteiger partial charge is 0.508 e. The summed E-state index contributed by atoms with van der Waals surface area (Å²) in [5.41, 5.74) is 6.24. The molecule has 0 aromatic heterocycles. The highest BCUT2D eigenvalue weighted by Gasteiger charge is 2.15. The third kappa shape index (κ3) is 7.94. The second kappa shape index (κ2) is 10.0. The first-order valence-electron chi connectivity index (χ1n) is 7.35. The summed E-state index contributed by atoms with van der Waals surface area (Å²) >= 11 is 0. The highest BCUT2D eigenvalue weighted by atomic mass is 16.7. The molecule has 10 heteroatoms. The number of nitrogens with one attached hydrogen (secondary N) is 2. The van der Waals surface area contributed by atoms with Gasteiger partial charge in [-0.15, -0.1) is 0 Å². The molecular weight excluding hydrogens is 318 g/mol. The van der Waals surface area contributed by atoms with Crippen LogP contribution in [0.15, 0.2) is 29.4 Å².